The van der Waals surface area contributed by atoms with Crippen LogP contribution in [0, 0.1) is 32.4 Å². The van der Waals surface area contributed by atoms with E-state index in [0.717, 1.165) is 34.2 Å². The zero-order valence-electron chi connectivity index (χ0n) is 58.4. The van der Waals surface area contributed by atoms with Crippen molar-refractivity contribution in [3.05, 3.63) is 230 Å². The molecule has 12 rings (SSSR count). The summed E-state index contributed by atoms with van der Waals surface area (Å²) in [6.45, 7) is 16.0. The lowest BCUT2D eigenvalue weighted by Gasteiger charge is -2.16. The summed E-state index contributed by atoms with van der Waals surface area (Å²) in [5.74, 6) is 0.864. The highest BCUT2D eigenvalue weighted by atomic mass is 35.5. The number of para-hydroxylation sites is 1. The van der Waals surface area contributed by atoms with Gasteiger partial charge in [-0.05, 0) is 139 Å². The molecule has 0 aliphatic rings. The zero-order chi connectivity index (χ0) is 77.1. The molecule has 12 aromatic rings. The standard InChI is InChI=1S/C27H24Cl2N4O3.C26H21Cl2FN4O3.C25H19Cl2FN4O3/c1-6-22(34)31-19-10-14(2)9-15(3)26(19)33-27-30-13-17-11-16(7-8-18(17)32-27)23-24(28)20(35-4)12-21(36-5)25(23)29;1-5-21(34)31-18-9-13(2)8-16(29)25(18)33-26-30-12-15-10-14(6-7-17(15)32-26)22-23(27)19(35-3)11-20(36-4)24(22)28;1-4-20(33)30-17-7-5-6-15(28)24(17)32-25-29-12-14-10-13(8-9-16(14)31-25)21-22(26)18(34-2)11-19(35-3)23(21)27/h6-13H,1H2,2-5H3,(H,31,34)(H,30,32,33);5-12H,1H2,2-4H3,(H,31,34)(H,30,32,33);4-12H,1H2,2-3H3,(H,30,33)(H,29,31,32). The van der Waals surface area contributed by atoms with E-state index < -0.39 is 23.4 Å². The summed E-state index contributed by atoms with van der Waals surface area (Å²) in [5, 5.41) is 21.2. The molecule has 21 nitrogen and oxygen atoms in total. The summed E-state index contributed by atoms with van der Waals surface area (Å²) >= 11 is 39.4. The predicted octanol–water partition coefficient (Wildman–Crippen LogP) is 20.7. The van der Waals surface area contributed by atoms with Gasteiger partial charge in [-0.15, -0.1) is 0 Å². The van der Waals surface area contributed by atoms with Crippen molar-refractivity contribution in [2.24, 2.45) is 0 Å². The van der Waals surface area contributed by atoms with Crippen molar-refractivity contribution in [3.63, 3.8) is 0 Å². The molecule has 546 valence electrons. The molecule has 0 atom stereocenters. The molecule has 29 heteroatoms. The van der Waals surface area contributed by atoms with Crippen LogP contribution in [0.3, 0.4) is 0 Å². The summed E-state index contributed by atoms with van der Waals surface area (Å²) < 4.78 is 61.5. The van der Waals surface area contributed by atoms with Crippen LogP contribution in [-0.2, 0) is 14.4 Å². The van der Waals surface area contributed by atoms with Crippen molar-refractivity contribution >= 4 is 172 Å². The van der Waals surface area contributed by atoms with Crippen LogP contribution in [0.2, 0.25) is 30.1 Å². The van der Waals surface area contributed by atoms with Gasteiger partial charge in [-0.2, -0.15) is 0 Å². The fourth-order valence-corrected chi connectivity index (χ4v) is 13.2. The molecule has 3 aromatic heterocycles. The Morgan fingerprint density at radius 1 is 0.383 bits per heavy atom. The van der Waals surface area contributed by atoms with E-state index in [1.54, 1.807) is 80.1 Å². The molecule has 0 fully saturated rings. The van der Waals surface area contributed by atoms with Crippen molar-refractivity contribution in [3.8, 4) is 67.9 Å². The minimum atomic E-state index is -0.581. The number of carbonyl (C=O) groups is 3. The molecular weight excluding hydrogens is 1500 g/mol. The minimum absolute atomic E-state index is 0.0284. The minimum Gasteiger partial charge on any atom is -0.495 e. The van der Waals surface area contributed by atoms with Crippen LogP contribution in [0.1, 0.15) is 16.7 Å². The van der Waals surface area contributed by atoms with Crippen LogP contribution < -0.4 is 60.3 Å². The first-order chi connectivity index (χ1) is 51.4. The van der Waals surface area contributed by atoms with E-state index in [1.807, 2.05) is 56.3 Å². The van der Waals surface area contributed by atoms with Gasteiger partial charge in [0.15, 0.2) is 0 Å². The van der Waals surface area contributed by atoms with E-state index in [2.05, 4.69) is 81.5 Å². The van der Waals surface area contributed by atoms with E-state index >= 15 is 0 Å². The van der Waals surface area contributed by atoms with Gasteiger partial charge in [-0.1, -0.05) is 120 Å². The Morgan fingerprint density at radius 2 is 0.692 bits per heavy atom. The molecule has 6 N–H and O–H groups in total. The van der Waals surface area contributed by atoms with Gasteiger partial charge in [0.2, 0.25) is 35.6 Å². The lowest BCUT2D eigenvalue weighted by atomic mass is 10.0. The fraction of sp³-hybridized carbons (Fsp3) is 0.115. The Balaban J connectivity index is 0.000000172. The molecule has 3 amide bonds. The number of hydrogen-bond donors (Lipinski definition) is 6. The molecule has 0 aliphatic heterocycles. The molecule has 0 aliphatic carbocycles. The number of fused-ring (bicyclic) bond motifs is 3. The lowest BCUT2D eigenvalue weighted by Crippen LogP contribution is -2.11. The average Bonchev–Trinajstić information content (AvgIpc) is 0.767. The third-order valence-electron chi connectivity index (χ3n) is 16.1. The number of benzene rings is 9. The third-order valence-corrected chi connectivity index (χ3v) is 18.3. The van der Waals surface area contributed by atoms with Crippen LogP contribution >= 0.6 is 69.6 Å². The van der Waals surface area contributed by atoms with Crippen LogP contribution in [0.25, 0.3) is 66.1 Å². The van der Waals surface area contributed by atoms with Crippen LogP contribution in [0.15, 0.2) is 172 Å². The van der Waals surface area contributed by atoms with Gasteiger partial charge in [0.1, 0.15) is 57.5 Å². The Kier molecular flexibility index (Phi) is 25.2. The second-order valence-corrected chi connectivity index (χ2v) is 25.3. The summed E-state index contributed by atoms with van der Waals surface area (Å²) in [6, 6.07) is 32.4. The molecular formula is C78H64Cl6F2N12O9. The summed E-state index contributed by atoms with van der Waals surface area (Å²) in [6.07, 6.45) is 8.29. The van der Waals surface area contributed by atoms with E-state index in [1.165, 1.54) is 66.9 Å². The number of carbonyl (C=O) groups excluding carboxylic acids is 3. The van der Waals surface area contributed by atoms with Crippen LogP contribution in [0.4, 0.5) is 60.8 Å². The summed E-state index contributed by atoms with van der Waals surface area (Å²) in [7, 11) is 9.09. The molecule has 0 radical (unpaired) electrons. The number of ether oxygens (including phenoxy) is 6. The summed E-state index contributed by atoms with van der Waals surface area (Å²) in [5.41, 5.74) is 10.2. The number of nitrogens with zero attached hydrogens (tertiary/aromatic N) is 6. The van der Waals surface area contributed by atoms with Crippen molar-refractivity contribution in [1.29, 1.82) is 0 Å². The second-order valence-electron chi connectivity index (χ2n) is 23.0. The van der Waals surface area contributed by atoms with Crippen molar-refractivity contribution < 1.29 is 51.6 Å². The predicted molar refractivity (Wildman–Crippen MR) is 424 cm³/mol. The Morgan fingerprint density at radius 3 is 1.03 bits per heavy atom. The second kappa shape index (κ2) is 34.6. The number of rotatable bonds is 21. The van der Waals surface area contributed by atoms with Gasteiger partial charge in [0.25, 0.3) is 0 Å². The maximum atomic E-state index is 14.8. The largest absolute Gasteiger partial charge is 0.495 e. The Labute approximate surface area is 642 Å². The maximum Gasteiger partial charge on any atom is 0.247 e. The Hall–Kier alpha value is -11.6. The molecule has 9 aromatic carbocycles. The van der Waals surface area contributed by atoms with E-state index in [4.69, 9.17) is 98.0 Å². The first-order valence-electron chi connectivity index (χ1n) is 31.8. The molecule has 107 heavy (non-hydrogen) atoms. The highest BCUT2D eigenvalue weighted by Gasteiger charge is 2.24. The van der Waals surface area contributed by atoms with Crippen LogP contribution in [-0.4, -0.2) is 90.3 Å². The van der Waals surface area contributed by atoms with Crippen molar-refractivity contribution in [1.82, 2.24) is 29.9 Å². The first kappa shape index (κ1) is 78.0. The highest BCUT2D eigenvalue weighted by molar-refractivity contribution is 6.43. The number of anilines is 9. The zero-order valence-corrected chi connectivity index (χ0v) is 63.0. The monoisotopic (exact) mass is 1560 g/mol. The third kappa shape index (κ3) is 17.5. The smallest absolute Gasteiger partial charge is 0.247 e. The number of halogens is 8. The van der Waals surface area contributed by atoms with Gasteiger partial charge in [-0.3, -0.25) is 14.4 Å². The van der Waals surface area contributed by atoms with E-state index in [-0.39, 0.29) is 40.6 Å². The molecule has 0 unspecified atom stereocenters. The number of amides is 3. The first-order valence-corrected chi connectivity index (χ1v) is 34.1. The van der Waals surface area contributed by atoms with Gasteiger partial charge in [0, 0.05) is 69.6 Å². The quantitative estimate of drug-likeness (QED) is 0.0366. The SMILES string of the molecule is C=CC(=O)Nc1cc(C)cc(C)c1Nc1ncc2cc(-c3c(Cl)c(OC)cc(OC)c3Cl)ccc2n1.C=CC(=O)Nc1cc(C)cc(F)c1Nc1ncc2cc(-c3c(Cl)c(OC)cc(OC)c3Cl)ccc2n1.C=CC(=O)Nc1cccc(F)c1Nc1ncc2cc(-c3c(Cl)c(OC)cc(OC)c3Cl)ccc2n1. The average molecular weight is 1560 g/mol. The molecule has 0 saturated heterocycles. The lowest BCUT2D eigenvalue weighted by molar-refractivity contribution is -0.112. The maximum absolute atomic E-state index is 14.8. The normalized spacial score (nSPS) is 10.7. The van der Waals surface area contributed by atoms with Gasteiger partial charge in [0.05, 0.1) is 112 Å². The topological polar surface area (TPSA) is 256 Å². The van der Waals surface area contributed by atoms with Crippen molar-refractivity contribution in [2.45, 2.75) is 20.8 Å². The van der Waals surface area contributed by atoms with Gasteiger partial charge >= 0.3 is 0 Å². The molecule has 0 bridgehead atoms. The Bertz CT molecular complexity index is 5240. The molecule has 0 spiro atoms. The van der Waals surface area contributed by atoms with E-state index in [9.17, 15) is 23.2 Å². The van der Waals surface area contributed by atoms with E-state index in [0.29, 0.717) is 143 Å². The van der Waals surface area contributed by atoms with Crippen molar-refractivity contribution in [2.75, 3.05) is 74.6 Å². The number of methoxy groups -OCH3 is 6. The number of aromatic nitrogens is 6. The number of nitrogens with one attached hydrogen (secondary N) is 6. The summed E-state index contributed by atoms with van der Waals surface area (Å²) in [4.78, 5) is 62.1. The fourth-order valence-electron chi connectivity index (χ4n) is 11.0. The number of aryl methyl sites for hydroxylation is 3. The highest BCUT2D eigenvalue weighted by Crippen LogP contribution is 2.50. The number of hydrogen-bond acceptors (Lipinski definition) is 18. The van der Waals surface area contributed by atoms with Crippen LogP contribution in [0.5, 0.6) is 34.5 Å². The molecule has 0 saturated carbocycles. The molecule has 3 heterocycles. The van der Waals surface area contributed by atoms with Gasteiger partial charge in [-0.25, -0.2) is 38.7 Å². The van der Waals surface area contributed by atoms with Gasteiger partial charge < -0.3 is 60.3 Å².